The summed E-state index contributed by atoms with van der Waals surface area (Å²) in [5, 5.41) is 41.2. The van der Waals surface area contributed by atoms with Crippen molar-refractivity contribution >= 4 is 39.4 Å². The van der Waals surface area contributed by atoms with Crippen LogP contribution in [0.3, 0.4) is 0 Å². The lowest BCUT2D eigenvalue weighted by molar-refractivity contribution is -0.134. The number of aromatic nitrogens is 3. The van der Waals surface area contributed by atoms with Gasteiger partial charge in [0, 0.05) is 25.2 Å². The molecule has 0 radical (unpaired) electrons. The monoisotopic (exact) mass is 584 g/mol. The van der Waals surface area contributed by atoms with E-state index in [4.69, 9.17) is 15.9 Å². The zero-order valence-electron chi connectivity index (χ0n) is 22.6. The Labute approximate surface area is 238 Å². The number of fused-ring (bicyclic) bond motifs is 2. The largest absolute Gasteiger partial charge is 0.397 e. The van der Waals surface area contributed by atoms with E-state index in [-0.39, 0.29) is 85.7 Å². The number of anilines is 1. The van der Waals surface area contributed by atoms with Crippen LogP contribution in [-0.4, -0.2) is 97.1 Å². The van der Waals surface area contributed by atoms with Gasteiger partial charge in [-0.05, 0) is 43.2 Å². The number of aliphatic hydroxyl groups excluding tert-OH is 4. The quantitative estimate of drug-likeness (QED) is 0.108. The number of H-pyrrole nitrogens is 2. The normalized spacial score (nSPS) is 12.9. The molecule has 2 aromatic carbocycles. The lowest BCUT2D eigenvalue weighted by atomic mass is 10.1. The second-order valence-corrected chi connectivity index (χ2v) is 9.84. The molecule has 14 heteroatoms. The predicted molar refractivity (Wildman–Crippen MR) is 153 cm³/mol. The van der Waals surface area contributed by atoms with Crippen LogP contribution in [-0.2, 0) is 4.79 Å². The maximum Gasteiger partial charge on any atom is 0.261 e. The molecule has 0 saturated heterocycles. The number of nitrogens with one attached hydrogen (secondary N) is 3. The number of nitrogens with two attached hydrogens (primary N) is 1. The number of rotatable bonds is 13. The minimum atomic E-state index is -1.14. The van der Waals surface area contributed by atoms with E-state index in [0.717, 1.165) is 0 Å². The molecule has 0 fully saturated rings. The molecular formula is C28H33FN6O7. The molecule has 42 heavy (non-hydrogen) atoms. The maximum atomic E-state index is 14.4. The third kappa shape index (κ3) is 6.91. The van der Waals surface area contributed by atoms with Gasteiger partial charge >= 0.3 is 0 Å². The van der Waals surface area contributed by atoms with Crippen LogP contribution in [0.5, 0.6) is 0 Å². The van der Waals surface area contributed by atoms with Crippen LogP contribution in [0.25, 0.3) is 33.3 Å². The number of aromatic amines is 2. The third-order valence-corrected chi connectivity index (χ3v) is 6.82. The van der Waals surface area contributed by atoms with Gasteiger partial charge in [0.05, 0.1) is 59.5 Å². The first-order valence-corrected chi connectivity index (χ1v) is 13.4. The van der Waals surface area contributed by atoms with Gasteiger partial charge in [-0.2, -0.15) is 0 Å². The Morgan fingerprint density at radius 3 is 2.50 bits per heavy atom. The van der Waals surface area contributed by atoms with Crippen LogP contribution in [0, 0.1) is 5.82 Å². The molecular weight excluding hydrogens is 551 g/mol. The summed E-state index contributed by atoms with van der Waals surface area (Å²) in [6.07, 6.45) is -2.39. The first-order valence-electron chi connectivity index (χ1n) is 13.4. The van der Waals surface area contributed by atoms with Crippen LogP contribution in [0.2, 0.25) is 0 Å². The number of imidazole rings is 1. The molecule has 0 unspecified atom stereocenters. The minimum absolute atomic E-state index is 0.0258. The Morgan fingerprint density at radius 2 is 1.79 bits per heavy atom. The zero-order valence-corrected chi connectivity index (χ0v) is 22.6. The van der Waals surface area contributed by atoms with E-state index in [9.17, 15) is 29.0 Å². The molecule has 0 saturated carbocycles. The van der Waals surface area contributed by atoms with Crippen molar-refractivity contribution in [3.05, 3.63) is 58.1 Å². The SMILES string of the molecule is Nc1c(-c2nc3ccc(C(=O)NCC[C@@H](O)C[C@@H](O)CC(=O)N(CCO)CCO)cc3[nH]2)c(=O)[nH]c2cccc(F)c12. The lowest BCUT2D eigenvalue weighted by Crippen LogP contribution is -2.38. The Bertz CT molecular complexity index is 1630. The third-order valence-electron chi connectivity index (χ3n) is 6.82. The fourth-order valence-corrected chi connectivity index (χ4v) is 4.74. The second kappa shape index (κ2) is 13.5. The van der Waals surface area contributed by atoms with Gasteiger partial charge in [0.1, 0.15) is 17.2 Å². The number of nitrogen functional groups attached to an aromatic ring is 1. The Hall–Kier alpha value is -4.37. The highest BCUT2D eigenvalue weighted by molar-refractivity contribution is 6.00. The number of carbonyl (C=O) groups is 2. The van der Waals surface area contributed by atoms with Gasteiger partial charge in [-0.1, -0.05) is 6.07 Å². The number of hydrogen-bond acceptors (Lipinski definition) is 9. The van der Waals surface area contributed by atoms with Crippen molar-refractivity contribution in [3.63, 3.8) is 0 Å². The van der Waals surface area contributed by atoms with Gasteiger partial charge in [0.2, 0.25) is 5.91 Å². The average molecular weight is 585 g/mol. The molecule has 9 N–H and O–H groups in total. The summed E-state index contributed by atoms with van der Waals surface area (Å²) in [5.74, 6) is -1.37. The topological polar surface area (TPSA) is 218 Å². The smallest absolute Gasteiger partial charge is 0.261 e. The Balaban J connectivity index is 1.36. The highest BCUT2D eigenvalue weighted by Gasteiger charge is 2.21. The summed E-state index contributed by atoms with van der Waals surface area (Å²) in [4.78, 5) is 48.9. The van der Waals surface area contributed by atoms with Crippen LogP contribution in [0.4, 0.5) is 10.1 Å². The predicted octanol–water partition coefficient (Wildman–Crippen LogP) is 0.228. The van der Waals surface area contributed by atoms with Gasteiger partial charge in [0.25, 0.3) is 11.5 Å². The van der Waals surface area contributed by atoms with Crippen molar-refractivity contribution in [2.24, 2.45) is 0 Å². The number of benzene rings is 2. The van der Waals surface area contributed by atoms with Crippen LogP contribution < -0.4 is 16.6 Å². The van der Waals surface area contributed by atoms with Gasteiger partial charge < -0.3 is 46.3 Å². The highest BCUT2D eigenvalue weighted by atomic mass is 19.1. The molecule has 224 valence electrons. The number of halogens is 1. The Morgan fingerprint density at radius 1 is 1.05 bits per heavy atom. The van der Waals surface area contributed by atoms with Gasteiger partial charge in [-0.15, -0.1) is 0 Å². The van der Waals surface area contributed by atoms with Crippen molar-refractivity contribution < 1.29 is 34.4 Å². The summed E-state index contributed by atoms with van der Waals surface area (Å²) in [5.41, 5.74) is 6.94. The number of nitrogens with zero attached hydrogens (tertiary/aromatic N) is 2. The van der Waals surface area contributed by atoms with E-state index >= 15 is 0 Å². The molecule has 2 amide bonds. The van der Waals surface area contributed by atoms with Crippen LogP contribution >= 0.6 is 0 Å². The van der Waals surface area contributed by atoms with Crippen molar-refractivity contribution in [3.8, 4) is 11.4 Å². The van der Waals surface area contributed by atoms with Crippen molar-refractivity contribution in [2.75, 3.05) is 38.6 Å². The van der Waals surface area contributed by atoms with E-state index in [1.54, 1.807) is 12.1 Å². The van der Waals surface area contributed by atoms with E-state index in [2.05, 4.69) is 20.3 Å². The van der Waals surface area contributed by atoms with Crippen LogP contribution in [0.1, 0.15) is 29.6 Å². The summed E-state index contributed by atoms with van der Waals surface area (Å²) in [7, 11) is 0. The first-order chi connectivity index (χ1) is 20.1. The van der Waals surface area contributed by atoms with E-state index in [1.807, 2.05) is 0 Å². The number of aliphatic hydroxyl groups is 4. The van der Waals surface area contributed by atoms with E-state index in [0.29, 0.717) is 11.0 Å². The molecule has 0 bridgehead atoms. The van der Waals surface area contributed by atoms with E-state index < -0.39 is 35.4 Å². The number of pyridine rings is 1. The average Bonchev–Trinajstić information content (AvgIpc) is 3.35. The summed E-state index contributed by atoms with van der Waals surface area (Å²) in [6.45, 7) is -0.412. The van der Waals surface area contributed by atoms with Gasteiger partial charge in [0.15, 0.2) is 0 Å². The molecule has 13 nitrogen and oxygen atoms in total. The fourth-order valence-electron chi connectivity index (χ4n) is 4.74. The fraction of sp³-hybridized carbons (Fsp3) is 0.357. The van der Waals surface area contributed by atoms with Crippen molar-refractivity contribution in [1.82, 2.24) is 25.2 Å². The molecule has 2 heterocycles. The summed E-state index contributed by atoms with van der Waals surface area (Å²) in [6, 6.07) is 8.88. The molecule has 2 atom stereocenters. The van der Waals surface area contributed by atoms with Gasteiger partial charge in [-0.3, -0.25) is 14.4 Å². The first kappa shape index (κ1) is 30.6. The highest BCUT2D eigenvalue weighted by Crippen LogP contribution is 2.30. The molecule has 0 aliphatic carbocycles. The van der Waals surface area contributed by atoms with Crippen LogP contribution in [0.15, 0.2) is 41.2 Å². The van der Waals surface area contributed by atoms with E-state index in [1.165, 1.54) is 29.2 Å². The molecule has 0 aliphatic heterocycles. The number of amides is 2. The standard InChI is InChI=1S/C28H33FN6O7/c29-18-2-1-3-20-23(18)25(30)24(28(42)34-20)26-32-19-5-4-15(12-21(19)33-26)27(41)31-7-6-16(38)13-17(39)14-22(40)35(8-10-36)9-11-37/h1-5,12,16-17,36-39H,6-11,13-14H2,(H,31,41)(H,32,33)(H3,30,34,42)/t16-,17-/m1/s1. The molecule has 4 aromatic rings. The molecule has 4 rings (SSSR count). The maximum absolute atomic E-state index is 14.4. The number of carbonyl (C=O) groups excluding carboxylic acids is 2. The molecule has 0 aliphatic rings. The molecule has 0 spiro atoms. The Kier molecular flexibility index (Phi) is 9.85. The summed E-state index contributed by atoms with van der Waals surface area (Å²) < 4.78 is 14.4. The van der Waals surface area contributed by atoms with Crippen molar-refractivity contribution in [2.45, 2.75) is 31.5 Å². The van der Waals surface area contributed by atoms with Crippen molar-refractivity contribution in [1.29, 1.82) is 0 Å². The zero-order chi connectivity index (χ0) is 30.4. The second-order valence-electron chi connectivity index (χ2n) is 9.84. The van der Waals surface area contributed by atoms with Gasteiger partial charge in [-0.25, -0.2) is 9.37 Å². The summed E-state index contributed by atoms with van der Waals surface area (Å²) >= 11 is 0. The molecule has 2 aromatic heterocycles. The minimum Gasteiger partial charge on any atom is -0.397 e. The number of hydrogen-bond donors (Lipinski definition) is 8. The lowest BCUT2D eigenvalue weighted by Gasteiger charge is -2.23.